The number of aromatic amines is 2. The molecule has 1 aromatic carbocycles. The number of hydrogen-bond donors (Lipinski definition) is 3. The summed E-state index contributed by atoms with van der Waals surface area (Å²) >= 11 is 6.64. The summed E-state index contributed by atoms with van der Waals surface area (Å²) in [4.78, 5) is 5.98. The fourth-order valence-electron chi connectivity index (χ4n) is 1.38. The van der Waals surface area contributed by atoms with Gasteiger partial charge in [0.25, 0.3) is 0 Å². The van der Waals surface area contributed by atoms with E-state index in [9.17, 15) is 0 Å². The monoisotopic (exact) mass is 263 g/mol. The van der Waals surface area contributed by atoms with Crippen molar-refractivity contribution in [1.82, 2.24) is 9.97 Å². The van der Waals surface area contributed by atoms with E-state index in [1.54, 1.807) is 11.3 Å². The summed E-state index contributed by atoms with van der Waals surface area (Å²) in [6.45, 7) is 0. The Kier molecular flexibility index (Phi) is 3.95. The number of rotatable bonds is 1. The summed E-state index contributed by atoms with van der Waals surface area (Å²) in [5.41, 5.74) is 2.23. The number of anilines is 1. The Morgan fingerprint density at radius 2 is 2.00 bits per heavy atom. The van der Waals surface area contributed by atoms with E-state index in [1.807, 2.05) is 43.7 Å². The average molecular weight is 263 g/mol. The first-order valence-electron chi connectivity index (χ1n) is 5.18. The summed E-state index contributed by atoms with van der Waals surface area (Å²) in [5, 5.41) is 3.09. The van der Waals surface area contributed by atoms with E-state index in [2.05, 4.69) is 21.4 Å². The minimum Gasteiger partial charge on any atom is -0.388 e. The largest absolute Gasteiger partial charge is 0.388 e. The first-order valence-corrected chi connectivity index (χ1v) is 6.40. The van der Waals surface area contributed by atoms with E-state index >= 15 is 0 Å². The van der Waals surface area contributed by atoms with E-state index in [4.69, 9.17) is 12.2 Å². The van der Waals surface area contributed by atoms with E-state index < -0.39 is 0 Å². The minimum absolute atomic E-state index is 0.832. The highest BCUT2D eigenvalue weighted by Gasteiger charge is 1.96. The van der Waals surface area contributed by atoms with Crippen molar-refractivity contribution in [2.45, 2.75) is 0 Å². The van der Waals surface area contributed by atoms with E-state index in [-0.39, 0.29) is 0 Å². The van der Waals surface area contributed by atoms with Crippen LogP contribution in [-0.2, 0) is 0 Å². The van der Waals surface area contributed by atoms with Crippen molar-refractivity contribution >= 4 is 39.5 Å². The lowest BCUT2D eigenvalue weighted by atomic mass is 10.3. The molecule has 0 aliphatic heterocycles. The third-order valence-electron chi connectivity index (χ3n) is 2.21. The van der Waals surface area contributed by atoms with Crippen molar-refractivity contribution in [2.75, 3.05) is 12.4 Å². The zero-order valence-electron chi connectivity index (χ0n) is 9.36. The molecule has 17 heavy (non-hydrogen) atoms. The molecule has 0 spiro atoms. The van der Waals surface area contributed by atoms with Crippen LogP contribution in [0, 0.1) is 3.95 Å². The lowest BCUT2D eigenvalue weighted by Crippen LogP contribution is -1.85. The molecule has 88 valence electrons. The molecule has 2 heterocycles. The molecule has 0 atom stereocenters. The van der Waals surface area contributed by atoms with Gasteiger partial charge in [0.05, 0.1) is 10.2 Å². The van der Waals surface area contributed by atoms with Gasteiger partial charge in [-0.2, -0.15) is 0 Å². The Morgan fingerprint density at radius 1 is 1.24 bits per heavy atom. The molecule has 3 rings (SSSR count). The maximum Gasteiger partial charge on any atom is 0.159 e. The van der Waals surface area contributed by atoms with Crippen molar-refractivity contribution in [3.05, 3.63) is 46.7 Å². The highest BCUT2D eigenvalue weighted by atomic mass is 32.1. The number of H-pyrrole nitrogens is 2. The van der Waals surface area contributed by atoms with Crippen LogP contribution >= 0.6 is 23.6 Å². The maximum absolute atomic E-state index is 5.04. The van der Waals surface area contributed by atoms with Crippen LogP contribution in [0.25, 0.3) is 10.2 Å². The van der Waals surface area contributed by atoms with Crippen LogP contribution in [0.5, 0.6) is 0 Å². The van der Waals surface area contributed by atoms with Gasteiger partial charge in [0.15, 0.2) is 3.95 Å². The van der Waals surface area contributed by atoms with Gasteiger partial charge in [0, 0.05) is 25.1 Å². The Hall–Kier alpha value is -1.59. The molecule has 0 unspecified atom stereocenters. The lowest BCUT2D eigenvalue weighted by Gasteiger charge is -1.97. The normalized spacial score (nSPS) is 9.71. The van der Waals surface area contributed by atoms with Gasteiger partial charge in [0.1, 0.15) is 0 Å². The molecule has 0 bridgehead atoms. The highest BCUT2D eigenvalue weighted by Crippen LogP contribution is 2.22. The van der Waals surface area contributed by atoms with Crippen LogP contribution in [0.1, 0.15) is 0 Å². The van der Waals surface area contributed by atoms with Gasteiger partial charge in [-0.3, -0.25) is 0 Å². The lowest BCUT2D eigenvalue weighted by molar-refractivity contribution is 1.42. The summed E-state index contributed by atoms with van der Waals surface area (Å²) in [6, 6.07) is 10.0. The van der Waals surface area contributed by atoms with Crippen LogP contribution in [0.2, 0.25) is 0 Å². The number of hydrogen-bond acceptors (Lipinski definition) is 3. The topological polar surface area (TPSA) is 43.6 Å². The Bertz CT molecular complexity index is 605. The van der Waals surface area contributed by atoms with Crippen molar-refractivity contribution in [3.63, 3.8) is 0 Å². The maximum atomic E-state index is 5.04. The number of nitrogens with one attached hydrogen (secondary N) is 3. The van der Waals surface area contributed by atoms with Gasteiger partial charge in [-0.1, -0.05) is 0 Å². The fourth-order valence-corrected chi connectivity index (χ4v) is 2.53. The second kappa shape index (κ2) is 5.65. The second-order valence-corrected chi connectivity index (χ2v) is 5.08. The van der Waals surface area contributed by atoms with Crippen LogP contribution in [0.15, 0.2) is 42.7 Å². The van der Waals surface area contributed by atoms with Gasteiger partial charge in [-0.15, -0.1) is 11.3 Å². The zero-order chi connectivity index (χ0) is 12.1. The zero-order valence-corrected chi connectivity index (χ0v) is 11.0. The van der Waals surface area contributed by atoms with Crippen molar-refractivity contribution in [2.24, 2.45) is 0 Å². The van der Waals surface area contributed by atoms with Crippen molar-refractivity contribution in [3.8, 4) is 0 Å². The predicted molar refractivity (Wildman–Crippen MR) is 77.3 cm³/mol. The second-order valence-electron chi connectivity index (χ2n) is 3.36. The molecule has 0 radical (unpaired) electrons. The van der Waals surface area contributed by atoms with Gasteiger partial charge in [0.2, 0.25) is 0 Å². The third kappa shape index (κ3) is 3.18. The van der Waals surface area contributed by atoms with E-state index in [0.717, 1.165) is 15.2 Å². The first kappa shape index (κ1) is 11.9. The summed E-state index contributed by atoms with van der Waals surface area (Å²) < 4.78 is 2.03. The standard InChI is InChI=1S/C8H8N2S2.C4H5N/c1-9-5-2-3-6-7(4-5)12-8(11)10-6;1-2-4-5-3-1/h2-4,9H,1H3,(H,10,11);1-5H. The number of aromatic nitrogens is 2. The molecule has 3 nitrogen and oxygen atoms in total. The predicted octanol–water partition coefficient (Wildman–Crippen LogP) is 4.02. The quantitative estimate of drug-likeness (QED) is 0.581. The smallest absolute Gasteiger partial charge is 0.159 e. The molecule has 0 saturated heterocycles. The van der Waals surface area contributed by atoms with Crippen molar-refractivity contribution < 1.29 is 0 Å². The molecule has 0 aliphatic rings. The molecule has 3 aromatic rings. The van der Waals surface area contributed by atoms with Gasteiger partial charge >= 0.3 is 0 Å². The molecule has 0 fully saturated rings. The fraction of sp³-hybridized carbons (Fsp3) is 0.0833. The molecule has 3 N–H and O–H groups in total. The molecular formula is C12H13N3S2. The minimum atomic E-state index is 0.832. The Labute approximate surface area is 109 Å². The van der Waals surface area contributed by atoms with Crippen LogP contribution in [0.4, 0.5) is 5.69 Å². The molecule has 2 aromatic heterocycles. The van der Waals surface area contributed by atoms with E-state index in [0.29, 0.717) is 0 Å². The van der Waals surface area contributed by atoms with Crippen molar-refractivity contribution in [1.29, 1.82) is 0 Å². The van der Waals surface area contributed by atoms with Crippen LogP contribution in [0.3, 0.4) is 0 Å². The number of thiazole rings is 1. The first-order chi connectivity index (χ1) is 8.29. The highest BCUT2D eigenvalue weighted by molar-refractivity contribution is 7.73. The average Bonchev–Trinajstić information content (AvgIpc) is 2.99. The van der Waals surface area contributed by atoms with E-state index in [1.165, 1.54) is 4.70 Å². The molecule has 0 saturated carbocycles. The third-order valence-corrected chi connectivity index (χ3v) is 3.40. The summed E-state index contributed by atoms with van der Waals surface area (Å²) in [6.07, 6.45) is 3.75. The van der Waals surface area contributed by atoms with Crippen LogP contribution in [-0.4, -0.2) is 17.0 Å². The summed E-state index contributed by atoms with van der Waals surface area (Å²) in [5.74, 6) is 0. The molecular weight excluding hydrogens is 250 g/mol. The van der Waals surface area contributed by atoms with Gasteiger partial charge < -0.3 is 15.3 Å². The Morgan fingerprint density at radius 3 is 2.59 bits per heavy atom. The molecule has 0 amide bonds. The van der Waals surface area contributed by atoms with Crippen LogP contribution < -0.4 is 5.32 Å². The molecule has 0 aliphatic carbocycles. The summed E-state index contributed by atoms with van der Waals surface area (Å²) in [7, 11) is 1.91. The van der Waals surface area contributed by atoms with Gasteiger partial charge in [-0.05, 0) is 42.5 Å². The SMILES string of the molecule is CNc1ccc2[nH]c(=S)sc2c1.c1cc[nH]c1. The Balaban J connectivity index is 0.000000181. The molecule has 5 heteroatoms. The number of fused-ring (bicyclic) bond motifs is 1. The number of benzene rings is 1. The van der Waals surface area contributed by atoms with Gasteiger partial charge in [-0.25, -0.2) is 0 Å².